The Hall–Kier alpha value is -0.650. The molecule has 0 aromatic carbocycles. The van der Waals surface area contributed by atoms with Crippen LogP contribution >= 0.6 is 11.3 Å². The Morgan fingerprint density at radius 3 is 2.88 bits per heavy atom. The number of nitrogens with one attached hydrogen (secondary N) is 2. The number of rotatable bonds is 4. The van der Waals surface area contributed by atoms with Crippen LogP contribution in [0.3, 0.4) is 0 Å². The summed E-state index contributed by atoms with van der Waals surface area (Å²) in [6.07, 6.45) is 2.42. The van der Waals surface area contributed by atoms with Gasteiger partial charge >= 0.3 is 4.87 Å². The monoisotopic (exact) mass is 241 g/mol. The second-order valence-electron chi connectivity index (χ2n) is 4.28. The van der Waals surface area contributed by atoms with Crippen molar-refractivity contribution in [2.45, 2.75) is 32.4 Å². The van der Waals surface area contributed by atoms with Crippen LogP contribution in [0.2, 0.25) is 0 Å². The molecule has 0 saturated carbocycles. The maximum atomic E-state index is 11.0. The third kappa shape index (κ3) is 3.17. The smallest absolute Gasteiger partial charge is 0.304 e. The molecule has 90 valence electrons. The van der Waals surface area contributed by atoms with Gasteiger partial charge in [-0.05, 0) is 19.4 Å². The van der Waals surface area contributed by atoms with Crippen molar-refractivity contribution in [2.24, 2.45) is 0 Å². The molecule has 2 heterocycles. The zero-order valence-electron chi connectivity index (χ0n) is 9.66. The molecule has 1 aromatic rings. The summed E-state index contributed by atoms with van der Waals surface area (Å²) in [5.41, 5.74) is 1.05. The van der Waals surface area contributed by atoms with Gasteiger partial charge in [0.05, 0.1) is 0 Å². The van der Waals surface area contributed by atoms with Gasteiger partial charge in [-0.25, -0.2) is 0 Å². The summed E-state index contributed by atoms with van der Waals surface area (Å²) in [7, 11) is 0. The number of H-pyrrole nitrogens is 1. The normalized spacial score (nSPS) is 19.1. The van der Waals surface area contributed by atoms with E-state index in [0.717, 1.165) is 31.9 Å². The zero-order valence-corrected chi connectivity index (χ0v) is 10.5. The van der Waals surface area contributed by atoms with Crippen LogP contribution in [0.1, 0.15) is 25.5 Å². The summed E-state index contributed by atoms with van der Waals surface area (Å²) in [6, 6.07) is 0.683. The lowest BCUT2D eigenvalue weighted by molar-refractivity contribution is 0.190. The van der Waals surface area contributed by atoms with Crippen molar-refractivity contribution in [2.75, 3.05) is 19.6 Å². The molecular weight excluding hydrogens is 222 g/mol. The quantitative estimate of drug-likeness (QED) is 0.827. The third-order valence-electron chi connectivity index (χ3n) is 3.05. The van der Waals surface area contributed by atoms with Gasteiger partial charge in [0, 0.05) is 36.8 Å². The van der Waals surface area contributed by atoms with E-state index in [2.05, 4.69) is 22.1 Å². The molecular formula is C11H19N3OS. The lowest BCUT2D eigenvalue weighted by Gasteiger charge is -2.31. The Bertz CT molecular complexity index is 365. The fourth-order valence-electron chi connectivity index (χ4n) is 2.22. The van der Waals surface area contributed by atoms with Gasteiger partial charge in [-0.2, -0.15) is 0 Å². The number of aromatic nitrogens is 1. The Labute approximate surface area is 99.7 Å². The molecule has 16 heavy (non-hydrogen) atoms. The summed E-state index contributed by atoms with van der Waals surface area (Å²) in [5, 5.41) is 5.42. The number of hydrogen-bond donors (Lipinski definition) is 2. The Kier molecular flexibility index (Phi) is 4.15. The minimum absolute atomic E-state index is 0.0533. The molecule has 0 spiro atoms. The topological polar surface area (TPSA) is 48.1 Å². The van der Waals surface area contributed by atoms with Gasteiger partial charge < -0.3 is 10.3 Å². The molecule has 5 heteroatoms. The highest BCUT2D eigenvalue weighted by Gasteiger charge is 2.18. The van der Waals surface area contributed by atoms with Gasteiger partial charge in [-0.3, -0.25) is 9.69 Å². The van der Waals surface area contributed by atoms with E-state index in [-0.39, 0.29) is 4.87 Å². The molecule has 0 bridgehead atoms. The lowest BCUT2D eigenvalue weighted by Crippen LogP contribution is -2.42. The minimum Gasteiger partial charge on any atom is -0.315 e. The first-order chi connectivity index (χ1) is 7.78. The lowest BCUT2D eigenvalue weighted by atomic mass is 10.1. The maximum absolute atomic E-state index is 11.0. The van der Waals surface area contributed by atoms with Crippen molar-refractivity contribution in [1.29, 1.82) is 0 Å². The first-order valence-corrected chi connectivity index (χ1v) is 6.78. The van der Waals surface area contributed by atoms with Crippen LogP contribution < -0.4 is 10.2 Å². The number of aromatic amines is 1. The van der Waals surface area contributed by atoms with Crippen molar-refractivity contribution in [3.05, 3.63) is 20.7 Å². The molecule has 0 atom stereocenters. The molecule has 2 N–H and O–H groups in total. The van der Waals surface area contributed by atoms with Gasteiger partial charge in [0.2, 0.25) is 0 Å². The van der Waals surface area contributed by atoms with Crippen LogP contribution in [-0.4, -0.2) is 35.6 Å². The molecule has 2 rings (SSSR count). The van der Waals surface area contributed by atoms with Crippen molar-refractivity contribution in [3.63, 3.8) is 0 Å². The van der Waals surface area contributed by atoms with Crippen LogP contribution in [0.15, 0.2) is 10.2 Å². The van der Waals surface area contributed by atoms with Crippen molar-refractivity contribution in [1.82, 2.24) is 15.2 Å². The molecule has 1 aliphatic heterocycles. The summed E-state index contributed by atoms with van der Waals surface area (Å²) < 4.78 is 0. The van der Waals surface area contributed by atoms with Gasteiger partial charge in [0.1, 0.15) is 0 Å². The van der Waals surface area contributed by atoms with Gasteiger partial charge in [-0.15, -0.1) is 0 Å². The van der Waals surface area contributed by atoms with E-state index in [1.165, 1.54) is 24.2 Å². The van der Waals surface area contributed by atoms with E-state index in [1.807, 2.05) is 5.38 Å². The average molecular weight is 241 g/mol. The van der Waals surface area contributed by atoms with E-state index in [9.17, 15) is 4.79 Å². The largest absolute Gasteiger partial charge is 0.315 e. The predicted octanol–water partition coefficient (Wildman–Crippen LogP) is 1.01. The SMILES string of the molecule is CCNC1CCN(Cc2csc(=O)[nH]2)CC1. The number of likely N-dealkylation sites (tertiary alicyclic amines) is 1. The van der Waals surface area contributed by atoms with Crippen LogP contribution in [0.5, 0.6) is 0 Å². The highest BCUT2D eigenvalue weighted by Crippen LogP contribution is 2.12. The van der Waals surface area contributed by atoms with Gasteiger partial charge in [-0.1, -0.05) is 18.3 Å². The van der Waals surface area contributed by atoms with Crippen molar-refractivity contribution >= 4 is 11.3 Å². The van der Waals surface area contributed by atoms with E-state index in [4.69, 9.17) is 0 Å². The first kappa shape index (κ1) is 11.8. The van der Waals surface area contributed by atoms with Gasteiger partial charge in [0.15, 0.2) is 0 Å². The zero-order chi connectivity index (χ0) is 11.4. The van der Waals surface area contributed by atoms with Gasteiger partial charge in [0.25, 0.3) is 0 Å². The molecule has 4 nitrogen and oxygen atoms in total. The molecule has 0 amide bonds. The second kappa shape index (κ2) is 5.61. The summed E-state index contributed by atoms with van der Waals surface area (Å²) in [5.74, 6) is 0. The first-order valence-electron chi connectivity index (χ1n) is 5.90. The van der Waals surface area contributed by atoms with E-state index < -0.39 is 0 Å². The summed E-state index contributed by atoms with van der Waals surface area (Å²) in [4.78, 5) is 16.3. The fraction of sp³-hybridized carbons (Fsp3) is 0.727. The Balaban J connectivity index is 1.79. The average Bonchev–Trinajstić information content (AvgIpc) is 2.67. The highest BCUT2D eigenvalue weighted by atomic mass is 32.1. The number of hydrogen-bond acceptors (Lipinski definition) is 4. The number of thiazole rings is 1. The second-order valence-corrected chi connectivity index (χ2v) is 5.12. The molecule has 0 radical (unpaired) electrons. The van der Waals surface area contributed by atoms with Crippen LogP contribution in [0.25, 0.3) is 0 Å². The van der Waals surface area contributed by atoms with E-state index >= 15 is 0 Å². The van der Waals surface area contributed by atoms with Crippen molar-refractivity contribution < 1.29 is 0 Å². The van der Waals surface area contributed by atoms with Crippen LogP contribution in [-0.2, 0) is 6.54 Å². The fourth-order valence-corrected chi connectivity index (χ4v) is 2.79. The third-order valence-corrected chi connectivity index (χ3v) is 3.76. The predicted molar refractivity (Wildman–Crippen MR) is 66.9 cm³/mol. The molecule has 1 aromatic heterocycles. The standard InChI is InChI=1S/C11H19N3OS/c1-2-12-9-3-5-14(6-4-9)7-10-8-16-11(15)13-10/h8-9,12H,2-7H2,1H3,(H,13,15). The van der Waals surface area contributed by atoms with E-state index in [0.29, 0.717) is 6.04 Å². The minimum atomic E-state index is 0.0533. The number of nitrogens with zero attached hydrogens (tertiary/aromatic N) is 1. The Morgan fingerprint density at radius 2 is 2.31 bits per heavy atom. The maximum Gasteiger partial charge on any atom is 0.304 e. The summed E-state index contributed by atoms with van der Waals surface area (Å²) >= 11 is 1.25. The molecule has 1 fully saturated rings. The van der Waals surface area contributed by atoms with Crippen LogP contribution in [0.4, 0.5) is 0 Å². The van der Waals surface area contributed by atoms with Crippen LogP contribution in [0, 0.1) is 0 Å². The highest BCUT2D eigenvalue weighted by molar-refractivity contribution is 7.07. The van der Waals surface area contributed by atoms with Crippen molar-refractivity contribution in [3.8, 4) is 0 Å². The Morgan fingerprint density at radius 1 is 1.56 bits per heavy atom. The molecule has 1 saturated heterocycles. The molecule has 0 unspecified atom stereocenters. The summed E-state index contributed by atoms with van der Waals surface area (Å²) in [6.45, 7) is 6.34. The number of piperidine rings is 1. The molecule has 0 aliphatic carbocycles. The van der Waals surface area contributed by atoms with E-state index in [1.54, 1.807) is 0 Å². The molecule has 1 aliphatic rings.